The highest BCUT2D eigenvalue weighted by Crippen LogP contribution is 2.25. The number of aromatic carboxylic acids is 2. The molecule has 0 saturated carbocycles. The Morgan fingerprint density at radius 3 is 1.94 bits per heavy atom. The van der Waals surface area contributed by atoms with Crippen molar-refractivity contribution in [1.82, 2.24) is 0 Å². The third-order valence-corrected chi connectivity index (χ3v) is 4.16. The molecule has 0 spiro atoms. The molecule has 5 N–H and O–H groups in total. The molecule has 2 rings (SSSR count). The van der Waals surface area contributed by atoms with Crippen LogP contribution >= 0.6 is 0 Å². The van der Waals surface area contributed by atoms with Gasteiger partial charge in [0.15, 0.2) is 0 Å². The molecule has 31 heavy (non-hydrogen) atoms. The van der Waals surface area contributed by atoms with Crippen LogP contribution in [0.5, 0.6) is 5.75 Å². The van der Waals surface area contributed by atoms with Crippen molar-refractivity contribution >= 4 is 23.7 Å². The zero-order valence-corrected chi connectivity index (χ0v) is 18.9. The lowest BCUT2D eigenvalue weighted by Crippen LogP contribution is -2.13. The Kier molecular flexibility index (Phi) is 8.24. The highest BCUT2D eigenvalue weighted by molar-refractivity contribution is 5.92. The summed E-state index contributed by atoms with van der Waals surface area (Å²) in [5, 5.41) is 26.8. The van der Waals surface area contributed by atoms with Crippen molar-refractivity contribution in [2.24, 2.45) is 5.41 Å². The van der Waals surface area contributed by atoms with Crippen LogP contribution in [-0.4, -0.2) is 27.3 Å². The molecule has 0 amide bonds. The quantitative estimate of drug-likeness (QED) is 0.290. The summed E-state index contributed by atoms with van der Waals surface area (Å²) in [6.45, 7) is 12.5. The molecule has 2 aromatic rings. The fraction of sp³-hybridized carbons (Fsp3) is 0.320. The van der Waals surface area contributed by atoms with E-state index in [1.165, 1.54) is 18.2 Å². The molecule has 2 aromatic carbocycles. The Bertz CT molecular complexity index is 1020. The number of hydrogen-bond acceptors (Lipinski definition) is 4. The van der Waals surface area contributed by atoms with Crippen LogP contribution in [0.25, 0.3) is 6.08 Å². The number of carboxylic acids is 2. The number of anilines is 1. The highest BCUT2D eigenvalue weighted by Gasteiger charge is 2.17. The maximum absolute atomic E-state index is 11.4. The molecule has 6 heteroatoms. The minimum absolute atomic E-state index is 0.0330. The van der Waals surface area contributed by atoms with Crippen molar-refractivity contribution in [3.63, 3.8) is 0 Å². The van der Waals surface area contributed by atoms with E-state index in [0.717, 1.165) is 5.56 Å². The van der Waals surface area contributed by atoms with Gasteiger partial charge in [-0.05, 0) is 58.4 Å². The Hall–Kier alpha value is -3.50. The van der Waals surface area contributed by atoms with Crippen molar-refractivity contribution in [3.05, 3.63) is 70.5 Å². The minimum Gasteiger partial charge on any atom is -0.507 e. The van der Waals surface area contributed by atoms with Crippen molar-refractivity contribution in [3.8, 4) is 5.75 Å². The first-order valence-electron chi connectivity index (χ1n) is 9.75. The molecule has 0 aliphatic carbocycles. The fourth-order valence-electron chi connectivity index (χ4n) is 2.44. The van der Waals surface area contributed by atoms with E-state index in [4.69, 9.17) is 15.9 Å². The second kappa shape index (κ2) is 10.0. The fourth-order valence-corrected chi connectivity index (χ4v) is 2.44. The van der Waals surface area contributed by atoms with Crippen LogP contribution in [-0.2, 0) is 5.41 Å². The molecule has 0 saturated heterocycles. The Morgan fingerprint density at radius 1 is 0.903 bits per heavy atom. The number of carbonyl (C=O) groups is 2. The number of aromatic hydroxyl groups is 1. The number of rotatable bonds is 3. The van der Waals surface area contributed by atoms with E-state index in [-0.39, 0.29) is 22.1 Å². The Balaban J connectivity index is 0.000000367. The largest absolute Gasteiger partial charge is 0.507 e. The first-order chi connectivity index (χ1) is 14.1. The summed E-state index contributed by atoms with van der Waals surface area (Å²) in [5.41, 5.74) is 10.5. The monoisotopic (exact) mass is 425 g/mol. The number of carboxylic acid groups (broad SMARTS) is 2. The standard InChI is InChI=1S/C18H24O2.C7H7NO3/c1-17(2,3)11-7-8-13-9-10-14(18(4,5)6)12-15(13)16(19)20;8-4-1-2-6(9)5(3-4)7(10)11/h8-12H,1-6H3,(H,19,20);1-3,9H,8H2,(H,10,11). The third kappa shape index (κ3) is 8.41. The summed E-state index contributed by atoms with van der Waals surface area (Å²) >= 11 is 0. The van der Waals surface area contributed by atoms with Gasteiger partial charge in [-0.15, -0.1) is 5.73 Å². The zero-order chi connectivity index (χ0) is 24.0. The van der Waals surface area contributed by atoms with Crippen LogP contribution in [0, 0.1) is 5.41 Å². The van der Waals surface area contributed by atoms with Gasteiger partial charge in [-0.1, -0.05) is 53.7 Å². The van der Waals surface area contributed by atoms with Gasteiger partial charge in [0, 0.05) is 5.69 Å². The van der Waals surface area contributed by atoms with Gasteiger partial charge in [-0.25, -0.2) is 9.59 Å². The van der Waals surface area contributed by atoms with Crippen LogP contribution in [0.3, 0.4) is 0 Å². The van der Waals surface area contributed by atoms with Gasteiger partial charge in [0.25, 0.3) is 0 Å². The van der Waals surface area contributed by atoms with E-state index in [9.17, 15) is 14.7 Å². The average molecular weight is 426 g/mol. The third-order valence-electron chi connectivity index (χ3n) is 4.16. The van der Waals surface area contributed by atoms with E-state index in [1.54, 1.807) is 12.1 Å². The minimum atomic E-state index is -1.19. The zero-order valence-electron chi connectivity index (χ0n) is 18.9. The van der Waals surface area contributed by atoms with Crippen molar-refractivity contribution in [2.45, 2.75) is 47.0 Å². The van der Waals surface area contributed by atoms with Crippen LogP contribution in [0.1, 0.15) is 73.4 Å². The molecule has 0 unspecified atom stereocenters. The van der Waals surface area contributed by atoms with Crippen LogP contribution in [0.4, 0.5) is 5.69 Å². The summed E-state index contributed by atoms with van der Waals surface area (Å²) in [7, 11) is 0. The number of hydrogen-bond donors (Lipinski definition) is 4. The molecule has 0 aromatic heterocycles. The molecule has 0 aliphatic heterocycles. The SMILES string of the molecule is CC(C)(C)C=C=Cc1ccc(C(C)(C)C)cc1C(=O)O.Nc1ccc(O)c(C(=O)O)c1. The number of allylic oxidation sites excluding steroid dienone is 1. The molecule has 0 radical (unpaired) electrons. The van der Waals surface area contributed by atoms with E-state index in [0.29, 0.717) is 16.8 Å². The van der Waals surface area contributed by atoms with E-state index < -0.39 is 11.9 Å². The van der Waals surface area contributed by atoms with Crippen molar-refractivity contribution in [2.75, 3.05) is 5.73 Å². The van der Waals surface area contributed by atoms with E-state index in [1.807, 2.05) is 18.2 Å². The predicted octanol–water partition coefficient (Wildman–Crippen LogP) is 5.57. The summed E-state index contributed by atoms with van der Waals surface area (Å²) in [5.74, 6) is -2.36. The molecule has 0 aliphatic rings. The van der Waals surface area contributed by atoms with Crippen molar-refractivity contribution < 1.29 is 24.9 Å². The number of phenols is 1. The second-order valence-corrected chi connectivity index (χ2v) is 9.26. The van der Waals surface area contributed by atoms with E-state index >= 15 is 0 Å². The number of nitrogens with two attached hydrogens (primary N) is 1. The maximum Gasteiger partial charge on any atom is 0.339 e. The molecule has 0 fully saturated rings. The van der Waals surface area contributed by atoms with Gasteiger partial charge < -0.3 is 21.1 Å². The lowest BCUT2D eigenvalue weighted by molar-refractivity contribution is 0.0684. The molecule has 0 bridgehead atoms. The maximum atomic E-state index is 11.4. The molecule has 166 valence electrons. The highest BCUT2D eigenvalue weighted by atomic mass is 16.4. The summed E-state index contributed by atoms with van der Waals surface area (Å²) in [4.78, 5) is 21.8. The average Bonchev–Trinajstić information content (AvgIpc) is 2.62. The number of benzene rings is 2. The smallest absolute Gasteiger partial charge is 0.339 e. The molecule has 0 atom stereocenters. The topological polar surface area (TPSA) is 121 Å². The Labute approximate surface area is 183 Å². The van der Waals surface area contributed by atoms with Crippen LogP contribution in [0.2, 0.25) is 0 Å². The lowest BCUT2D eigenvalue weighted by Gasteiger charge is -2.20. The second-order valence-electron chi connectivity index (χ2n) is 9.26. The Morgan fingerprint density at radius 2 is 1.48 bits per heavy atom. The van der Waals surface area contributed by atoms with Gasteiger partial charge >= 0.3 is 11.9 Å². The molecule has 6 nitrogen and oxygen atoms in total. The lowest BCUT2D eigenvalue weighted by atomic mass is 9.85. The summed E-state index contributed by atoms with van der Waals surface area (Å²) < 4.78 is 0. The van der Waals surface area contributed by atoms with Gasteiger partial charge in [-0.2, -0.15) is 0 Å². The van der Waals surface area contributed by atoms with Crippen LogP contribution in [0.15, 0.2) is 48.2 Å². The molecule has 0 heterocycles. The van der Waals surface area contributed by atoms with Gasteiger partial charge in [0.05, 0.1) is 5.56 Å². The normalized spacial score (nSPS) is 10.9. The molecular formula is C25H31NO5. The first-order valence-corrected chi connectivity index (χ1v) is 9.75. The van der Waals surface area contributed by atoms with E-state index in [2.05, 4.69) is 47.3 Å². The summed E-state index contributed by atoms with van der Waals surface area (Å²) in [6, 6.07) is 9.48. The van der Waals surface area contributed by atoms with Crippen LogP contribution < -0.4 is 5.73 Å². The first kappa shape index (κ1) is 25.5. The van der Waals surface area contributed by atoms with Gasteiger partial charge in [-0.3, -0.25) is 0 Å². The van der Waals surface area contributed by atoms with Crippen molar-refractivity contribution in [1.29, 1.82) is 0 Å². The van der Waals surface area contributed by atoms with Gasteiger partial charge in [0.1, 0.15) is 11.3 Å². The summed E-state index contributed by atoms with van der Waals surface area (Å²) in [6.07, 6.45) is 3.68. The number of nitrogen functional groups attached to an aromatic ring is 1. The van der Waals surface area contributed by atoms with Gasteiger partial charge in [0.2, 0.25) is 0 Å². The predicted molar refractivity (Wildman–Crippen MR) is 124 cm³/mol. The molecular weight excluding hydrogens is 394 g/mol.